The van der Waals surface area contributed by atoms with Crippen LogP contribution in [0.3, 0.4) is 0 Å². The van der Waals surface area contributed by atoms with Crippen LogP contribution in [0.5, 0.6) is 0 Å². The van der Waals surface area contributed by atoms with Gasteiger partial charge in [0.05, 0.1) is 11.9 Å². The van der Waals surface area contributed by atoms with Crippen LogP contribution in [0.2, 0.25) is 0 Å². The van der Waals surface area contributed by atoms with E-state index >= 15 is 0 Å². The van der Waals surface area contributed by atoms with Crippen LogP contribution in [0.1, 0.15) is 25.7 Å². The van der Waals surface area contributed by atoms with Crippen molar-refractivity contribution in [3.05, 3.63) is 18.3 Å². The van der Waals surface area contributed by atoms with Crippen LogP contribution in [-0.2, 0) is 0 Å². The Hall–Kier alpha value is -1.82. The third-order valence-electron chi connectivity index (χ3n) is 3.51. The molecule has 21 heavy (non-hydrogen) atoms. The molecule has 1 aliphatic carbocycles. The average molecular weight is 292 g/mol. The lowest BCUT2D eigenvalue weighted by Crippen LogP contribution is -2.37. The van der Waals surface area contributed by atoms with Gasteiger partial charge in [-0.2, -0.15) is 0 Å². The van der Waals surface area contributed by atoms with Gasteiger partial charge in [0.15, 0.2) is 0 Å². The molecule has 1 saturated carbocycles. The molecule has 1 aromatic heterocycles. The van der Waals surface area contributed by atoms with Crippen LogP contribution in [0.15, 0.2) is 18.3 Å². The molecular formula is C15H24N4O2. The second-order valence-electron chi connectivity index (χ2n) is 5.58. The van der Waals surface area contributed by atoms with Crippen molar-refractivity contribution in [2.45, 2.75) is 31.7 Å². The SMILES string of the molecule is CN(C)c1ccc(NC(=O)N(CCCCO)C2CC2)cn1. The van der Waals surface area contributed by atoms with Gasteiger partial charge < -0.3 is 20.2 Å². The van der Waals surface area contributed by atoms with Gasteiger partial charge in [-0.05, 0) is 37.8 Å². The van der Waals surface area contributed by atoms with Gasteiger partial charge in [0.1, 0.15) is 5.82 Å². The maximum Gasteiger partial charge on any atom is 0.322 e. The third kappa shape index (κ3) is 4.60. The second-order valence-corrected chi connectivity index (χ2v) is 5.58. The summed E-state index contributed by atoms with van der Waals surface area (Å²) in [6.45, 7) is 0.871. The first-order valence-corrected chi connectivity index (χ1v) is 7.43. The summed E-state index contributed by atoms with van der Waals surface area (Å²) in [5.74, 6) is 0.856. The van der Waals surface area contributed by atoms with Crippen molar-refractivity contribution in [3.8, 4) is 0 Å². The Bertz CT molecular complexity index is 457. The summed E-state index contributed by atoms with van der Waals surface area (Å²) in [5.41, 5.74) is 0.707. The molecule has 6 heteroatoms. The molecule has 0 saturated heterocycles. The normalized spacial score (nSPS) is 13.9. The number of unbranched alkanes of at least 4 members (excludes halogenated alkanes) is 1. The lowest BCUT2D eigenvalue weighted by molar-refractivity contribution is 0.204. The van der Waals surface area contributed by atoms with E-state index in [1.54, 1.807) is 6.20 Å². The first kappa shape index (κ1) is 15.6. The molecule has 0 unspecified atom stereocenters. The molecule has 2 N–H and O–H groups in total. The highest BCUT2D eigenvalue weighted by atomic mass is 16.3. The zero-order chi connectivity index (χ0) is 15.2. The van der Waals surface area contributed by atoms with E-state index in [9.17, 15) is 4.79 Å². The van der Waals surface area contributed by atoms with Gasteiger partial charge in [-0.15, -0.1) is 0 Å². The van der Waals surface area contributed by atoms with Crippen LogP contribution in [-0.4, -0.2) is 54.3 Å². The van der Waals surface area contributed by atoms with Crippen molar-refractivity contribution in [2.24, 2.45) is 0 Å². The highest BCUT2D eigenvalue weighted by Gasteiger charge is 2.32. The van der Waals surface area contributed by atoms with Crippen molar-refractivity contribution < 1.29 is 9.90 Å². The maximum absolute atomic E-state index is 12.3. The summed E-state index contributed by atoms with van der Waals surface area (Å²) in [5, 5.41) is 11.7. The molecule has 2 amide bonds. The second kappa shape index (κ2) is 7.26. The first-order valence-electron chi connectivity index (χ1n) is 7.43. The number of nitrogens with one attached hydrogen (secondary N) is 1. The minimum atomic E-state index is -0.0742. The summed E-state index contributed by atoms with van der Waals surface area (Å²) in [6, 6.07) is 4.02. The number of carbonyl (C=O) groups excluding carboxylic acids is 1. The fourth-order valence-electron chi connectivity index (χ4n) is 2.15. The largest absolute Gasteiger partial charge is 0.396 e. The zero-order valence-corrected chi connectivity index (χ0v) is 12.7. The van der Waals surface area contributed by atoms with Crippen LogP contribution >= 0.6 is 0 Å². The van der Waals surface area contributed by atoms with Crippen molar-refractivity contribution in [3.63, 3.8) is 0 Å². The number of nitrogens with zero attached hydrogens (tertiary/aromatic N) is 3. The number of anilines is 2. The van der Waals surface area contributed by atoms with Gasteiger partial charge in [-0.1, -0.05) is 0 Å². The minimum Gasteiger partial charge on any atom is -0.396 e. The number of pyridine rings is 1. The Morgan fingerprint density at radius 2 is 2.14 bits per heavy atom. The lowest BCUT2D eigenvalue weighted by atomic mass is 10.3. The van der Waals surface area contributed by atoms with Crippen molar-refractivity contribution in [2.75, 3.05) is 37.5 Å². The maximum atomic E-state index is 12.3. The van der Waals surface area contributed by atoms with Crippen molar-refractivity contribution in [1.29, 1.82) is 0 Å². The molecule has 1 fully saturated rings. The highest BCUT2D eigenvalue weighted by molar-refractivity contribution is 5.89. The summed E-state index contributed by atoms with van der Waals surface area (Å²) in [4.78, 5) is 20.4. The predicted octanol–water partition coefficient (Wildman–Crippen LogP) is 1.92. The van der Waals surface area contributed by atoms with Gasteiger partial charge in [-0.3, -0.25) is 0 Å². The van der Waals surface area contributed by atoms with Gasteiger partial charge in [0.25, 0.3) is 0 Å². The number of urea groups is 1. The number of carbonyl (C=O) groups is 1. The van der Waals surface area contributed by atoms with Crippen LogP contribution in [0.25, 0.3) is 0 Å². The van der Waals surface area contributed by atoms with Gasteiger partial charge in [0.2, 0.25) is 0 Å². The molecule has 0 spiro atoms. The van der Waals surface area contributed by atoms with Crippen molar-refractivity contribution in [1.82, 2.24) is 9.88 Å². The van der Waals surface area contributed by atoms with E-state index in [0.29, 0.717) is 18.3 Å². The average Bonchev–Trinajstić information content (AvgIpc) is 3.28. The number of aliphatic hydroxyl groups is 1. The van der Waals surface area contributed by atoms with Gasteiger partial charge >= 0.3 is 6.03 Å². The quantitative estimate of drug-likeness (QED) is 0.753. The Morgan fingerprint density at radius 3 is 2.67 bits per heavy atom. The summed E-state index contributed by atoms with van der Waals surface area (Å²) in [7, 11) is 3.85. The van der Waals surface area contributed by atoms with E-state index in [-0.39, 0.29) is 12.6 Å². The Morgan fingerprint density at radius 1 is 1.38 bits per heavy atom. The van der Waals surface area contributed by atoms with Crippen molar-refractivity contribution >= 4 is 17.5 Å². The van der Waals surface area contributed by atoms with E-state index in [1.807, 2.05) is 36.0 Å². The third-order valence-corrected chi connectivity index (χ3v) is 3.51. The zero-order valence-electron chi connectivity index (χ0n) is 12.7. The molecule has 1 aromatic rings. The van der Waals surface area contributed by atoms with E-state index in [4.69, 9.17) is 5.11 Å². The molecule has 0 radical (unpaired) electrons. The molecular weight excluding hydrogens is 268 g/mol. The number of hydrogen-bond acceptors (Lipinski definition) is 4. The number of aliphatic hydroxyl groups excluding tert-OH is 1. The minimum absolute atomic E-state index is 0.0742. The highest BCUT2D eigenvalue weighted by Crippen LogP contribution is 2.27. The first-order chi connectivity index (χ1) is 10.1. The number of rotatable bonds is 7. The molecule has 0 aromatic carbocycles. The molecule has 2 rings (SSSR count). The van der Waals surface area contributed by atoms with Crippen LogP contribution in [0.4, 0.5) is 16.3 Å². The van der Waals surface area contributed by atoms with E-state index < -0.39 is 0 Å². The lowest BCUT2D eigenvalue weighted by Gasteiger charge is -2.22. The number of hydrogen-bond donors (Lipinski definition) is 2. The number of aromatic nitrogens is 1. The fraction of sp³-hybridized carbons (Fsp3) is 0.600. The topological polar surface area (TPSA) is 68.7 Å². The summed E-state index contributed by atoms with van der Waals surface area (Å²) >= 11 is 0. The van der Waals surface area contributed by atoms with E-state index in [1.165, 1.54) is 0 Å². The number of amides is 2. The van der Waals surface area contributed by atoms with Crippen LogP contribution in [0, 0.1) is 0 Å². The molecule has 1 heterocycles. The van der Waals surface area contributed by atoms with E-state index in [2.05, 4.69) is 10.3 Å². The standard InChI is InChI=1S/C15H24N4O2/c1-18(2)14-8-5-12(11-16-14)17-15(21)19(13-6-7-13)9-3-4-10-20/h5,8,11,13,20H,3-4,6-7,9-10H2,1-2H3,(H,17,21). The predicted molar refractivity (Wildman–Crippen MR) is 83.6 cm³/mol. The molecule has 116 valence electrons. The van der Waals surface area contributed by atoms with E-state index in [0.717, 1.165) is 31.5 Å². The molecule has 1 aliphatic rings. The molecule has 0 bridgehead atoms. The Labute approximate surface area is 125 Å². The molecule has 6 nitrogen and oxygen atoms in total. The molecule has 0 atom stereocenters. The Kier molecular flexibility index (Phi) is 5.38. The summed E-state index contributed by atoms with van der Waals surface area (Å²) < 4.78 is 0. The Balaban J connectivity index is 1.91. The van der Waals surface area contributed by atoms with Crippen LogP contribution < -0.4 is 10.2 Å². The molecule has 0 aliphatic heterocycles. The monoisotopic (exact) mass is 292 g/mol. The fourth-order valence-corrected chi connectivity index (χ4v) is 2.15. The summed E-state index contributed by atoms with van der Waals surface area (Å²) in [6.07, 6.45) is 5.38. The van der Waals surface area contributed by atoms with Gasteiger partial charge in [0, 0.05) is 33.3 Å². The van der Waals surface area contributed by atoms with Gasteiger partial charge in [-0.25, -0.2) is 9.78 Å². The smallest absolute Gasteiger partial charge is 0.322 e.